The van der Waals surface area contributed by atoms with Gasteiger partial charge in [0, 0.05) is 0 Å². The van der Waals surface area contributed by atoms with E-state index in [1.54, 1.807) is 24.3 Å². The van der Waals surface area contributed by atoms with Gasteiger partial charge in [-0.1, -0.05) is 42.5 Å². The van der Waals surface area contributed by atoms with Crippen LogP contribution in [0.5, 0.6) is 5.75 Å². The lowest BCUT2D eigenvalue weighted by molar-refractivity contribution is -0.138. The van der Waals surface area contributed by atoms with Crippen molar-refractivity contribution in [1.29, 1.82) is 0 Å². The monoisotopic (exact) mass is 328 g/mol. The zero-order valence-corrected chi connectivity index (χ0v) is 13.1. The van der Waals surface area contributed by atoms with E-state index in [9.17, 15) is 9.59 Å². The second-order valence-corrected chi connectivity index (χ2v) is 5.51. The largest absolute Gasteiger partial charge is 0.480 e. The first-order valence-corrected chi connectivity index (χ1v) is 7.54. The van der Waals surface area contributed by atoms with Crippen molar-refractivity contribution in [2.24, 2.45) is 11.5 Å². The van der Waals surface area contributed by atoms with Gasteiger partial charge in [-0.2, -0.15) is 0 Å². The van der Waals surface area contributed by atoms with Crippen LogP contribution in [0.3, 0.4) is 0 Å². The molecule has 2 aromatic rings. The van der Waals surface area contributed by atoms with E-state index in [1.165, 1.54) is 0 Å². The number of carboxylic acid groups (broad SMARTS) is 1. The summed E-state index contributed by atoms with van der Waals surface area (Å²) in [5.41, 5.74) is 13.0. The molecule has 0 spiro atoms. The molecule has 2 rings (SSSR count). The predicted molar refractivity (Wildman–Crippen MR) is 89.5 cm³/mol. The maximum atomic E-state index is 12.1. The summed E-state index contributed by atoms with van der Waals surface area (Å²) in [6, 6.07) is 14.3. The fourth-order valence-corrected chi connectivity index (χ4v) is 2.22. The minimum absolute atomic E-state index is 0.150. The van der Waals surface area contributed by atoms with Crippen LogP contribution < -0.4 is 16.2 Å². The number of hydrogen-bond acceptors (Lipinski definition) is 5. The SMILES string of the molecule is NC(Cc1cccc(OC(=O)C(N)Cc2ccccc2)c1)C(=O)O. The standard InChI is InChI=1S/C18H20N2O4/c19-15(17(21)22)11-13-7-4-8-14(9-13)24-18(23)16(20)10-12-5-2-1-3-6-12/h1-9,15-16H,10-11,19-20H2,(H,21,22). The van der Waals surface area contributed by atoms with E-state index in [0.717, 1.165) is 5.56 Å². The summed E-state index contributed by atoms with van der Waals surface area (Å²) in [4.78, 5) is 22.9. The van der Waals surface area contributed by atoms with Crippen molar-refractivity contribution in [3.05, 3.63) is 65.7 Å². The Morgan fingerprint density at radius 2 is 1.54 bits per heavy atom. The van der Waals surface area contributed by atoms with Crippen molar-refractivity contribution >= 4 is 11.9 Å². The van der Waals surface area contributed by atoms with Crippen molar-refractivity contribution in [3.8, 4) is 5.75 Å². The highest BCUT2D eigenvalue weighted by Gasteiger charge is 2.17. The first-order valence-electron chi connectivity index (χ1n) is 7.54. The van der Waals surface area contributed by atoms with Crippen molar-refractivity contribution in [3.63, 3.8) is 0 Å². The van der Waals surface area contributed by atoms with Gasteiger partial charge in [0.2, 0.25) is 0 Å². The lowest BCUT2D eigenvalue weighted by Gasteiger charge is -2.12. The molecule has 2 aromatic carbocycles. The Kier molecular flexibility index (Phi) is 6.06. The first-order chi connectivity index (χ1) is 11.5. The molecule has 0 heterocycles. The van der Waals surface area contributed by atoms with Gasteiger partial charge in [-0.15, -0.1) is 0 Å². The molecule has 0 aliphatic heterocycles. The van der Waals surface area contributed by atoms with Gasteiger partial charge in [0.1, 0.15) is 17.8 Å². The number of carboxylic acids is 1. The van der Waals surface area contributed by atoms with Crippen molar-refractivity contribution in [2.75, 3.05) is 0 Å². The third kappa shape index (κ3) is 5.19. The number of aliphatic carboxylic acids is 1. The Morgan fingerprint density at radius 3 is 2.21 bits per heavy atom. The lowest BCUT2D eigenvalue weighted by Crippen LogP contribution is -2.36. The van der Waals surface area contributed by atoms with Gasteiger partial charge in [0.15, 0.2) is 0 Å². The van der Waals surface area contributed by atoms with E-state index in [1.807, 2.05) is 30.3 Å². The molecule has 24 heavy (non-hydrogen) atoms. The molecule has 126 valence electrons. The molecular weight excluding hydrogens is 308 g/mol. The number of carbonyl (C=O) groups excluding carboxylic acids is 1. The van der Waals surface area contributed by atoms with Crippen molar-refractivity contribution < 1.29 is 19.4 Å². The number of rotatable bonds is 7. The summed E-state index contributed by atoms with van der Waals surface area (Å²) >= 11 is 0. The quantitative estimate of drug-likeness (QED) is 0.518. The Labute approximate surface area is 140 Å². The molecular formula is C18H20N2O4. The summed E-state index contributed by atoms with van der Waals surface area (Å²) in [5, 5.41) is 8.84. The van der Waals surface area contributed by atoms with Gasteiger partial charge in [0.05, 0.1) is 0 Å². The van der Waals surface area contributed by atoms with E-state index in [2.05, 4.69) is 0 Å². The smallest absolute Gasteiger partial charge is 0.328 e. The van der Waals surface area contributed by atoms with Crippen LogP contribution in [0.15, 0.2) is 54.6 Å². The van der Waals surface area contributed by atoms with Crippen LogP contribution in [0.1, 0.15) is 11.1 Å². The molecule has 6 nitrogen and oxygen atoms in total. The number of ether oxygens (including phenoxy) is 1. The Balaban J connectivity index is 1.97. The van der Waals surface area contributed by atoms with Crippen LogP contribution in [0.2, 0.25) is 0 Å². The number of carbonyl (C=O) groups is 2. The van der Waals surface area contributed by atoms with Gasteiger partial charge >= 0.3 is 11.9 Å². The Hall–Kier alpha value is -2.70. The summed E-state index contributed by atoms with van der Waals surface area (Å²) < 4.78 is 5.28. The Morgan fingerprint density at radius 1 is 0.917 bits per heavy atom. The molecule has 0 saturated carbocycles. The number of nitrogens with two attached hydrogens (primary N) is 2. The predicted octanol–water partition coefficient (Wildman–Crippen LogP) is 1.12. The first kappa shape index (κ1) is 17.7. The molecule has 0 aliphatic carbocycles. The highest BCUT2D eigenvalue weighted by Crippen LogP contribution is 2.15. The van der Waals surface area contributed by atoms with Crippen molar-refractivity contribution in [1.82, 2.24) is 0 Å². The zero-order chi connectivity index (χ0) is 17.5. The van der Waals surface area contributed by atoms with Crippen LogP contribution in [-0.4, -0.2) is 29.1 Å². The van der Waals surface area contributed by atoms with Gasteiger partial charge < -0.3 is 21.3 Å². The average molecular weight is 328 g/mol. The van der Waals surface area contributed by atoms with Gasteiger partial charge in [-0.05, 0) is 36.1 Å². The second-order valence-electron chi connectivity index (χ2n) is 5.51. The number of esters is 1. The molecule has 2 unspecified atom stereocenters. The van der Waals surface area contributed by atoms with Crippen LogP contribution in [0, 0.1) is 0 Å². The summed E-state index contributed by atoms with van der Waals surface area (Å²) in [7, 11) is 0. The molecule has 6 heteroatoms. The summed E-state index contributed by atoms with van der Waals surface area (Å²) in [6.07, 6.45) is 0.528. The third-order valence-electron chi connectivity index (χ3n) is 3.49. The number of benzene rings is 2. The van der Waals surface area contributed by atoms with Crippen LogP contribution in [-0.2, 0) is 22.4 Å². The van der Waals surface area contributed by atoms with Crippen LogP contribution in [0.25, 0.3) is 0 Å². The normalized spacial score (nSPS) is 13.1. The van der Waals surface area contributed by atoms with E-state index >= 15 is 0 Å². The fourth-order valence-electron chi connectivity index (χ4n) is 2.22. The average Bonchev–Trinajstić information content (AvgIpc) is 2.56. The molecule has 0 aliphatic rings. The van der Waals surface area contributed by atoms with Crippen molar-refractivity contribution in [2.45, 2.75) is 24.9 Å². The third-order valence-corrected chi connectivity index (χ3v) is 3.49. The molecule has 0 fully saturated rings. The molecule has 2 atom stereocenters. The summed E-state index contributed by atoms with van der Waals surface area (Å²) in [6.45, 7) is 0. The molecule has 5 N–H and O–H groups in total. The molecule has 0 amide bonds. The molecule has 0 bridgehead atoms. The second kappa shape index (κ2) is 8.24. The highest BCUT2D eigenvalue weighted by atomic mass is 16.5. The minimum Gasteiger partial charge on any atom is -0.480 e. The fraction of sp³-hybridized carbons (Fsp3) is 0.222. The zero-order valence-electron chi connectivity index (χ0n) is 13.1. The maximum absolute atomic E-state index is 12.1. The molecule has 0 aromatic heterocycles. The maximum Gasteiger partial charge on any atom is 0.328 e. The van der Waals surface area contributed by atoms with E-state index in [-0.39, 0.29) is 6.42 Å². The highest BCUT2D eigenvalue weighted by molar-refractivity contribution is 5.78. The van der Waals surface area contributed by atoms with E-state index in [4.69, 9.17) is 21.3 Å². The number of hydrogen-bond donors (Lipinski definition) is 3. The summed E-state index contributed by atoms with van der Waals surface area (Å²) in [5.74, 6) is -1.31. The van der Waals surface area contributed by atoms with Gasteiger partial charge in [-0.3, -0.25) is 4.79 Å². The van der Waals surface area contributed by atoms with Gasteiger partial charge in [0.25, 0.3) is 0 Å². The lowest BCUT2D eigenvalue weighted by atomic mass is 10.1. The minimum atomic E-state index is -1.08. The van der Waals surface area contributed by atoms with Crippen LogP contribution >= 0.6 is 0 Å². The van der Waals surface area contributed by atoms with E-state index in [0.29, 0.717) is 17.7 Å². The topological polar surface area (TPSA) is 116 Å². The van der Waals surface area contributed by atoms with E-state index < -0.39 is 24.0 Å². The van der Waals surface area contributed by atoms with Gasteiger partial charge in [-0.25, -0.2) is 4.79 Å². The van der Waals surface area contributed by atoms with Crippen LogP contribution in [0.4, 0.5) is 0 Å². The molecule has 0 saturated heterocycles. The molecule has 0 radical (unpaired) electrons. The Bertz CT molecular complexity index is 703.